The standard InChI is InChI=1S/C17H22ClN3O3/c1-24-15-7-6-10(18)8-13(15)20-16(22)9-14-17(23)21-12-5-3-2-4-11(12)19-14/h6-8,11-12,14,19H,2-5,9H2,1H3,(H,20,22)(H,21,23)/t11-,12+,14-/m0/s1. The first-order valence-corrected chi connectivity index (χ1v) is 8.64. The van der Waals surface area contributed by atoms with Gasteiger partial charge in [-0.25, -0.2) is 0 Å². The minimum Gasteiger partial charge on any atom is -0.495 e. The maximum absolute atomic E-state index is 12.3. The van der Waals surface area contributed by atoms with Gasteiger partial charge in [0.1, 0.15) is 5.75 Å². The lowest BCUT2D eigenvalue weighted by Gasteiger charge is -2.40. The lowest BCUT2D eigenvalue weighted by atomic mass is 9.87. The summed E-state index contributed by atoms with van der Waals surface area (Å²) in [5, 5.41) is 9.65. The molecule has 2 fully saturated rings. The van der Waals surface area contributed by atoms with E-state index in [0.29, 0.717) is 16.5 Å². The molecule has 1 aromatic rings. The van der Waals surface area contributed by atoms with E-state index in [1.807, 2.05) is 0 Å². The molecule has 3 atom stereocenters. The third kappa shape index (κ3) is 3.82. The molecule has 7 heteroatoms. The Labute approximate surface area is 146 Å². The zero-order valence-electron chi connectivity index (χ0n) is 13.6. The molecule has 0 unspecified atom stereocenters. The van der Waals surface area contributed by atoms with Crippen molar-refractivity contribution in [2.75, 3.05) is 12.4 Å². The van der Waals surface area contributed by atoms with Gasteiger partial charge >= 0.3 is 0 Å². The fourth-order valence-electron chi connectivity index (χ4n) is 3.44. The number of benzene rings is 1. The minimum atomic E-state index is -0.505. The van der Waals surface area contributed by atoms with Crippen molar-refractivity contribution in [1.82, 2.24) is 10.6 Å². The van der Waals surface area contributed by atoms with Crippen LogP contribution in [-0.4, -0.2) is 37.0 Å². The number of methoxy groups -OCH3 is 1. The van der Waals surface area contributed by atoms with Crippen LogP contribution in [0.5, 0.6) is 5.75 Å². The molecular formula is C17H22ClN3O3. The van der Waals surface area contributed by atoms with E-state index in [1.54, 1.807) is 18.2 Å². The van der Waals surface area contributed by atoms with Crippen LogP contribution in [-0.2, 0) is 9.59 Å². The topological polar surface area (TPSA) is 79.5 Å². The van der Waals surface area contributed by atoms with Crippen LogP contribution in [0.3, 0.4) is 0 Å². The average molecular weight is 352 g/mol. The van der Waals surface area contributed by atoms with Crippen LogP contribution in [0, 0.1) is 0 Å². The summed E-state index contributed by atoms with van der Waals surface area (Å²) in [6.07, 6.45) is 4.41. The van der Waals surface area contributed by atoms with E-state index in [9.17, 15) is 9.59 Å². The number of fused-ring (bicyclic) bond motifs is 1. The summed E-state index contributed by atoms with van der Waals surface area (Å²) in [6.45, 7) is 0. The third-order valence-electron chi connectivity index (χ3n) is 4.65. The van der Waals surface area contributed by atoms with E-state index in [2.05, 4.69) is 16.0 Å². The van der Waals surface area contributed by atoms with Crippen LogP contribution in [0.25, 0.3) is 0 Å². The molecule has 0 spiro atoms. The number of nitrogens with one attached hydrogen (secondary N) is 3. The summed E-state index contributed by atoms with van der Waals surface area (Å²) in [7, 11) is 1.53. The van der Waals surface area contributed by atoms with Gasteiger partial charge in [-0.05, 0) is 31.0 Å². The van der Waals surface area contributed by atoms with Gasteiger partial charge < -0.3 is 20.7 Å². The molecule has 0 aromatic heterocycles. The molecule has 1 aliphatic carbocycles. The molecular weight excluding hydrogens is 330 g/mol. The number of rotatable bonds is 4. The number of halogens is 1. The van der Waals surface area contributed by atoms with Crippen LogP contribution in [0.4, 0.5) is 5.69 Å². The molecule has 2 aliphatic rings. The lowest BCUT2D eigenvalue weighted by Crippen LogP contribution is -2.65. The number of carbonyl (C=O) groups is 2. The van der Waals surface area contributed by atoms with Gasteiger partial charge in [0, 0.05) is 17.1 Å². The van der Waals surface area contributed by atoms with Gasteiger partial charge in [-0.3, -0.25) is 9.59 Å². The fraction of sp³-hybridized carbons (Fsp3) is 0.529. The predicted molar refractivity (Wildman–Crippen MR) is 92.4 cm³/mol. The van der Waals surface area contributed by atoms with Crippen molar-refractivity contribution in [3.8, 4) is 5.75 Å². The molecule has 3 rings (SSSR count). The number of hydrogen-bond donors (Lipinski definition) is 3. The van der Waals surface area contributed by atoms with Crippen molar-refractivity contribution in [2.24, 2.45) is 0 Å². The minimum absolute atomic E-state index is 0.0741. The molecule has 0 radical (unpaired) electrons. The average Bonchev–Trinajstić information content (AvgIpc) is 2.55. The Hall–Kier alpha value is -1.79. The Morgan fingerprint density at radius 2 is 2.08 bits per heavy atom. The lowest BCUT2D eigenvalue weighted by molar-refractivity contribution is -0.129. The Morgan fingerprint density at radius 3 is 2.83 bits per heavy atom. The van der Waals surface area contributed by atoms with E-state index in [0.717, 1.165) is 25.7 Å². The SMILES string of the molecule is COc1ccc(Cl)cc1NC(=O)C[C@@H]1N[C@H]2CCCC[C@H]2NC1=O. The summed E-state index contributed by atoms with van der Waals surface area (Å²) in [6, 6.07) is 4.96. The van der Waals surface area contributed by atoms with E-state index in [4.69, 9.17) is 16.3 Å². The van der Waals surface area contributed by atoms with Crippen LogP contribution in [0.2, 0.25) is 5.02 Å². The third-order valence-corrected chi connectivity index (χ3v) is 4.89. The largest absolute Gasteiger partial charge is 0.495 e. The number of hydrogen-bond acceptors (Lipinski definition) is 4. The maximum atomic E-state index is 12.3. The summed E-state index contributed by atoms with van der Waals surface area (Å²) < 4.78 is 5.21. The normalized spacial score (nSPS) is 26.2. The Bertz CT molecular complexity index is 638. The molecule has 6 nitrogen and oxygen atoms in total. The summed E-state index contributed by atoms with van der Waals surface area (Å²) in [4.78, 5) is 24.6. The van der Waals surface area contributed by atoms with Gasteiger partial charge in [-0.2, -0.15) is 0 Å². The number of ether oxygens (including phenoxy) is 1. The number of carbonyl (C=O) groups excluding carboxylic acids is 2. The van der Waals surface area contributed by atoms with Crippen LogP contribution < -0.4 is 20.7 Å². The number of piperazine rings is 1. The monoisotopic (exact) mass is 351 g/mol. The highest BCUT2D eigenvalue weighted by Gasteiger charge is 2.37. The molecule has 0 bridgehead atoms. The highest BCUT2D eigenvalue weighted by molar-refractivity contribution is 6.31. The predicted octanol–water partition coefficient (Wildman–Crippen LogP) is 2.08. The Kier molecular flexibility index (Phi) is 5.26. The van der Waals surface area contributed by atoms with E-state index >= 15 is 0 Å². The summed E-state index contributed by atoms with van der Waals surface area (Å²) in [5.74, 6) is 0.171. The van der Waals surface area contributed by atoms with Crippen LogP contribution in [0.15, 0.2) is 18.2 Å². The molecule has 1 saturated carbocycles. The quantitative estimate of drug-likeness (QED) is 0.776. The van der Waals surface area contributed by atoms with E-state index < -0.39 is 6.04 Å². The molecule has 24 heavy (non-hydrogen) atoms. The van der Waals surface area contributed by atoms with Crippen molar-refractivity contribution in [2.45, 2.75) is 50.2 Å². The molecule has 1 heterocycles. The second kappa shape index (κ2) is 7.40. The van der Waals surface area contributed by atoms with Crippen molar-refractivity contribution < 1.29 is 14.3 Å². The zero-order valence-corrected chi connectivity index (χ0v) is 14.4. The summed E-state index contributed by atoms with van der Waals surface area (Å²) in [5.41, 5.74) is 0.502. The molecule has 3 N–H and O–H groups in total. The smallest absolute Gasteiger partial charge is 0.237 e. The highest BCUT2D eigenvalue weighted by Crippen LogP contribution is 2.28. The van der Waals surface area contributed by atoms with Gasteiger partial charge in [-0.1, -0.05) is 24.4 Å². The Balaban J connectivity index is 1.62. The number of anilines is 1. The summed E-state index contributed by atoms with van der Waals surface area (Å²) >= 11 is 5.97. The van der Waals surface area contributed by atoms with Crippen LogP contribution >= 0.6 is 11.6 Å². The van der Waals surface area contributed by atoms with Gasteiger partial charge in [0.05, 0.1) is 25.3 Å². The second-order valence-corrected chi connectivity index (χ2v) is 6.76. The molecule has 2 amide bonds. The molecule has 1 aliphatic heterocycles. The second-order valence-electron chi connectivity index (χ2n) is 6.32. The maximum Gasteiger partial charge on any atom is 0.237 e. The van der Waals surface area contributed by atoms with E-state index in [1.165, 1.54) is 7.11 Å². The zero-order chi connectivity index (χ0) is 17.1. The fourth-order valence-corrected chi connectivity index (χ4v) is 3.61. The van der Waals surface area contributed by atoms with Gasteiger partial charge in [0.2, 0.25) is 11.8 Å². The number of amides is 2. The van der Waals surface area contributed by atoms with Crippen molar-refractivity contribution in [3.05, 3.63) is 23.2 Å². The first kappa shape index (κ1) is 17.0. The molecule has 1 saturated heterocycles. The van der Waals surface area contributed by atoms with Gasteiger partial charge in [0.15, 0.2) is 0 Å². The first-order chi connectivity index (χ1) is 11.6. The first-order valence-electron chi connectivity index (χ1n) is 8.26. The van der Waals surface area contributed by atoms with Crippen molar-refractivity contribution in [3.63, 3.8) is 0 Å². The van der Waals surface area contributed by atoms with Gasteiger partial charge in [-0.15, -0.1) is 0 Å². The Morgan fingerprint density at radius 1 is 1.33 bits per heavy atom. The van der Waals surface area contributed by atoms with Gasteiger partial charge in [0.25, 0.3) is 0 Å². The highest BCUT2D eigenvalue weighted by atomic mass is 35.5. The molecule has 130 valence electrons. The van der Waals surface area contributed by atoms with Crippen LogP contribution in [0.1, 0.15) is 32.1 Å². The van der Waals surface area contributed by atoms with Crippen molar-refractivity contribution >= 4 is 29.1 Å². The molecule has 1 aromatic carbocycles. The van der Waals surface area contributed by atoms with E-state index in [-0.39, 0.29) is 30.3 Å². The van der Waals surface area contributed by atoms with Crippen molar-refractivity contribution in [1.29, 1.82) is 0 Å².